The van der Waals surface area contributed by atoms with Crippen LogP contribution in [0.5, 0.6) is 0 Å². The lowest BCUT2D eigenvalue weighted by molar-refractivity contribution is -0.132. The second-order valence-corrected chi connectivity index (χ2v) is 6.99. The third-order valence-electron chi connectivity index (χ3n) is 4.80. The molecule has 0 spiro atoms. The van der Waals surface area contributed by atoms with Crippen LogP contribution in [0, 0.1) is 6.92 Å². The number of nitrogens with zero attached hydrogens (tertiary/aromatic N) is 5. The van der Waals surface area contributed by atoms with E-state index in [1.54, 1.807) is 0 Å². The first-order chi connectivity index (χ1) is 12.0. The lowest BCUT2D eigenvalue weighted by Gasteiger charge is -2.33. The molecule has 2 aromatic rings. The summed E-state index contributed by atoms with van der Waals surface area (Å²) in [7, 11) is 4.00. The molecule has 1 aliphatic rings. The van der Waals surface area contributed by atoms with Gasteiger partial charge in [-0.25, -0.2) is 4.98 Å². The Hall–Kier alpha value is -2.37. The summed E-state index contributed by atoms with van der Waals surface area (Å²) in [6.07, 6.45) is 6.48. The van der Waals surface area contributed by atoms with Crippen molar-refractivity contribution in [2.75, 3.05) is 32.1 Å². The molecular formula is C19H27N5O. The van der Waals surface area contributed by atoms with E-state index in [4.69, 9.17) is 0 Å². The van der Waals surface area contributed by atoms with Crippen LogP contribution in [0.15, 0.2) is 30.6 Å². The Morgan fingerprint density at radius 3 is 2.92 bits per heavy atom. The van der Waals surface area contributed by atoms with Gasteiger partial charge < -0.3 is 9.80 Å². The van der Waals surface area contributed by atoms with Gasteiger partial charge in [0, 0.05) is 58.5 Å². The van der Waals surface area contributed by atoms with Crippen LogP contribution in [0.3, 0.4) is 0 Å². The Morgan fingerprint density at radius 1 is 1.36 bits per heavy atom. The van der Waals surface area contributed by atoms with E-state index in [1.165, 1.54) is 5.56 Å². The van der Waals surface area contributed by atoms with E-state index in [9.17, 15) is 4.79 Å². The highest BCUT2D eigenvalue weighted by Crippen LogP contribution is 2.28. The fourth-order valence-electron chi connectivity index (χ4n) is 3.36. The zero-order valence-corrected chi connectivity index (χ0v) is 15.4. The maximum Gasteiger partial charge on any atom is 0.224 e. The number of aryl methyl sites for hydroxylation is 2. The molecule has 1 fully saturated rings. The number of carbonyl (C=O) groups is 1. The van der Waals surface area contributed by atoms with Crippen LogP contribution >= 0.6 is 0 Å². The van der Waals surface area contributed by atoms with Crippen LogP contribution in [0.4, 0.5) is 5.82 Å². The molecule has 1 atom stereocenters. The Kier molecular flexibility index (Phi) is 5.36. The molecule has 0 N–H and O–H groups in total. The minimum atomic E-state index is 0.222. The number of carbonyl (C=O) groups excluding carboxylic acids is 1. The topological polar surface area (TPSA) is 54.3 Å². The minimum Gasteiger partial charge on any atom is -0.363 e. The van der Waals surface area contributed by atoms with Gasteiger partial charge in [0.2, 0.25) is 5.91 Å². The molecule has 0 saturated carbocycles. The van der Waals surface area contributed by atoms with Gasteiger partial charge in [0.25, 0.3) is 0 Å². The number of anilines is 1. The van der Waals surface area contributed by atoms with E-state index in [1.807, 2.05) is 54.0 Å². The third-order valence-corrected chi connectivity index (χ3v) is 4.80. The second-order valence-electron chi connectivity index (χ2n) is 6.99. The minimum absolute atomic E-state index is 0.222. The second kappa shape index (κ2) is 7.68. The van der Waals surface area contributed by atoms with Crippen LogP contribution in [-0.2, 0) is 11.3 Å². The van der Waals surface area contributed by atoms with E-state index >= 15 is 0 Å². The summed E-state index contributed by atoms with van der Waals surface area (Å²) < 4.78 is 1.85. The standard InChI is InChI=1S/C19H27N5O/c1-15-7-11-24(21-15)12-8-19(25)23-10-4-5-17(14-23)16-6-9-20-18(13-16)22(2)3/h6-7,9,11,13,17H,4-5,8,10,12,14H2,1-3H3. The van der Waals surface area contributed by atoms with Crippen molar-refractivity contribution in [1.29, 1.82) is 0 Å². The highest BCUT2D eigenvalue weighted by atomic mass is 16.2. The zero-order valence-electron chi connectivity index (χ0n) is 15.4. The zero-order chi connectivity index (χ0) is 17.8. The van der Waals surface area contributed by atoms with Crippen molar-refractivity contribution in [3.63, 3.8) is 0 Å². The smallest absolute Gasteiger partial charge is 0.224 e. The Morgan fingerprint density at radius 2 is 2.20 bits per heavy atom. The highest BCUT2D eigenvalue weighted by Gasteiger charge is 2.25. The maximum absolute atomic E-state index is 12.6. The molecule has 1 saturated heterocycles. The van der Waals surface area contributed by atoms with Gasteiger partial charge in [-0.05, 0) is 43.5 Å². The fraction of sp³-hybridized carbons (Fsp3) is 0.526. The molecule has 0 aromatic carbocycles. The van der Waals surface area contributed by atoms with Crippen molar-refractivity contribution in [2.45, 2.75) is 38.6 Å². The molecule has 25 heavy (non-hydrogen) atoms. The molecule has 1 amide bonds. The van der Waals surface area contributed by atoms with Crippen LogP contribution in [-0.4, -0.2) is 52.8 Å². The summed E-state index contributed by atoms with van der Waals surface area (Å²) in [6.45, 7) is 4.27. The van der Waals surface area contributed by atoms with Gasteiger partial charge in [-0.2, -0.15) is 5.10 Å². The number of hydrogen-bond acceptors (Lipinski definition) is 4. The number of amides is 1. The van der Waals surface area contributed by atoms with E-state index in [2.05, 4.69) is 22.2 Å². The number of pyridine rings is 1. The fourth-order valence-corrected chi connectivity index (χ4v) is 3.36. The molecule has 0 bridgehead atoms. The van der Waals surface area contributed by atoms with Crippen molar-refractivity contribution in [2.24, 2.45) is 0 Å². The van der Waals surface area contributed by atoms with Crippen molar-refractivity contribution in [3.8, 4) is 0 Å². The molecule has 1 aliphatic heterocycles. The first-order valence-electron chi connectivity index (χ1n) is 8.94. The number of likely N-dealkylation sites (tertiary alicyclic amines) is 1. The van der Waals surface area contributed by atoms with Crippen LogP contribution in [0.1, 0.15) is 36.4 Å². The summed E-state index contributed by atoms with van der Waals surface area (Å²) in [5, 5.41) is 4.35. The van der Waals surface area contributed by atoms with Crippen LogP contribution < -0.4 is 4.90 Å². The number of rotatable bonds is 5. The number of aromatic nitrogens is 3. The van der Waals surface area contributed by atoms with Gasteiger partial charge in [0.1, 0.15) is 5.82 Å². The van der Waals surface area contributed by atoms with Gasteiger partial charge in [-0.3, -0.25) is 9.48 Å². The molecule has 6 heteroatoms. The molecule has 0 aliphatic carbocycles. The first-order valence-corrected chi connectivity index (χ1v) is 8.94. The molecule has 3 rings (SSSR count). The van der Waals surface area contributed by atoms with Gasteiger partial charge in [-0.15, -0.1) is 0 Å². The maximum atomic E-state index is 12.6. The predicted octanol–water partition coefficient (Wildman–Crippen LogP) is 2.45. The molecule has 0 radical (unpaired) electrons. The SMILES string of the molecule is Cc1ccn(CCC(=O)N2CCCC(c3ccnc(N(C)C)c3)C2)n1. The van der Waals surface area contributed by atoms with Crippen molar-refractivity contribution < 1.29 is 4.79 Å². The van der Waals surface area contributed by atoms with E-state index in [0.717, 1.165) is 37.4 Å². The highest BCUT2D eigenvalue weighted by molar-refractivity contribution is 5.76. The van der Waals surface area contributed by atoms with E-state index < -0.39 is 0 Å². The summed E-state index contributed by atoms with van der Waals surface area (Å²) in [5.74, 6) is 1.58. The van der Waals surface area contributed by atoms with E-state index in [0.29, 0.717) is 18.9 Å². The lowest BCUT2D eigenvalue weighted by Crippen LogP contribution is -2.39. The molecule has 1 unspecified atom stereocenters. The molecule has 6 nitrogen and oxygen atoms in total. The molecule has 134 valence electrons. The largest absolute Gasteiger partial charge is 0.363 e. The van der Waals surface area contributed by atoms with Crippen molar-refractivity contribution in [3.05, 3.63) is 41.9 Å². The average molecular weight is 341 g/mol. The van der Waals surface area contributed by atoms with Crippen LogP contribution in [0.2, 0.25) is 0 Å². The van der Waals surface area contributed by atoms with Gasteiger partial charge in [0.05, 0.1) is 5.69 Å². The lowest BCUT2D eigenvalue weighted by atomic mass is 9.91. The summed E-state index contributed by atoms with van der Waals surface area (Å²) in [6, 6.07) is 6.19. The number of hydrogen-bond donors (Lipinski definition) is 0. The molecular weight excluding hydrogens is 314 g/mol. The Balaban J connectivity index is 1.60. The monoisotopic (exact) mass is 341 g/mol. The van der Waals surface area contributed by atoms with Crippen molar-refractivity contribution >= 4 is 11.7 Å². The Labute approximate surface area is 149 Å². The number of piperidine rings is 1. The van der Waals surface area contributed by atoms with Crippen LogP contribution in [0.25, 0.3) is 0 Å². The summed E-state index contributed by atoms with van der Waals surface area (Å²) in [4.78, 5) is 21.0. The van der Waals surface area contributed by atoms with Gasteiger partial charge in [0.15, 0.2) is 0 Å². The van der Waals surface area contributed by atoms with Crippen molar-refractivity contribution in [1.82, 2.24) is 19.7 Å². The molecule has 2 aromatic heterocycles. The average Bonchev–Trinajstić information content (AvgIpc) is 3.05. The third kappa shape index (κ3) is 4.38. The first kappa shape index (κ1) is 17.5. The van der Waals surface area contributed by atoms with Gasteiger partial charge >= 0.3 is 0 Å². The van der Waals surface area contributed by atoms with E-state index in [-0.39, 0.29) is 5.91 Å². The quantitative estimate of drug-likeness (QED) is 0.838. The van der Waals surface area contributed by atoms with Gasteiger partial charge in [-0.1, -0.05) is 0 Å². The normalized spacial score (nSPS) is 17.6. The Bertz CT molecular complexity index is 724. The summed E-state index contributed by atoms with van der Waals surface area (Å²) in [5.41, 5.74) is 2.26. The summed E-state index contributed by atoms with van der Waals surface area (Å²) >= 11 is 0. The predicted molar refractivity (Wildman–Crippen MR) is 98.7 cm³/mol. The molecule has 3 heterocycles.